The zero-order valence-electron chi connectivity index (χ0n) is 18.0. The van der Waals surface area contributed by atoms with Gasteiger partial charge >= 0.3 is 12.1 Å². The molecular weight excluding hydrogens is 408 g/mol. The predicted molar refractivity (Wildman–Crippen MR) is 119 cm³/mol. The van der Waals surface area contributed by atoms with Gasteiger partial charge in [-0.3, -0.25) is 9.59 Å². The van der Waals surface area contributed by atoms with E-state index in [0.29, 0.717) is 13.0 Å². The van der Waals surface area contributed by atoms with E-state index < -0.39 is 18.1 Å². The summed E-state index contributed by atoms with van der Waals surface area (Å²) in [6.07, 6.45) is 1.87. The van der Waals surface area contributed by atoms with E-state index in [1.165, 1.54) is 18.1 Å². The highest BCUT2D eigenvalue weighted by Crippen LogP contribution is 2.44. The second kappa shape index (κ2) is 9.42. The molecule has 0 aliphatic heterocycles. The van der Waals surface area contributed by atoms with Crippen molar-refractivity contribution in [2.24, 2.45) is 11.8 Å². The lowest BCUT2D eigenvalue weighted by Gasteiger charge is -2.21. The number of fused-ring (bicyclic) bond motifs is 3. The first-order valence-electron chi connectivity index (χ1n) is 11.1. The molecule has 0 radical (unpaired) electrons. The molecule has 2 amide bonds. The van der Waals surface area contributed by atoms with Gasteiger partial charge in [0.2, 0.25) is 5.91 Å². The molecule has 32 heavy (non-hydrogen) atoms. The number of amides is 2. The molecule has 0 heterocycles. The molecule has 1 fully saturated rings. The normalized spacial score (nSPS) is 20.2. The molecule has 168 valence electrons. The van der Waals surface area contributed by atoms with Crippen molar-refractivity contribution in [3.63, 3.8) is 0 Å². The average Bonchev–Trinajstić information content (AvgIpc) is 3.39. The highest BCUT2D eigenvalue weighted by Gasteiger charge is 2.34. The van der Waals surface area contributed by atoms with Crippen molar-refractivity contribution in [1.82, 2.24) is 10.6 Å². The summed E-state index contributed by atoms with van der Waals surface area (Å²) in [7, 11) is 0. The Morgan fingerprint density at radius 1 is 1.03 bits per heavy atom. The summed E-state index contributed by atoms with van der Waals surface area (Å²) < 4.78 is 5.56. The smallest absolute Gasteiger partial charge is 0.407 e. The fourth-order valence-corrected chi connectivity index (χ4v) is 4.87. The van der Waals surface area contributed by atoms with Gasteiger partial charge in [-0.2, -0.15) is 0 Å². The Kier molecular flexibility index (Phi) is 6.44. The van der Waals surface area contributed by atoms with E-state index in [0.717, 1.165) is 24.0 Å². The van der Waals surface area contributed by atoms with Crippen molar-refractivity contribution >= 4 is 18.0 Å². The number of aliphatic carboxylic acids is 1. The van der Waals surface area contributed by atoms with E-state index in [4.69, 9.17) is 9.84 Å². The molecule has 2 aliphatic carbocycles. The Labute approximate surface area is 187 Å². The largest absolute Gasteiger partial charge is 0.480 e. The standard InChI is InChI=1S/C25H28N2O5/c1-15(24(29)30)27-23(28)17-12-6-7-16(17)13-26-25(31)32-14-22-20-10-4-2-8-18(20)19-9-3-5-11-21(19)22/h2-5,8-11,15-17,22H,6-7,12-14H2,1H3,(H,26,31)(H,27,28)(H,29,30)/t15-,16?,17?/m1/s1. The zero-order valence-corrected chi connectivity index (χ0v) is 18.0. The van der Waals surface area contributed by atoms with Crippen LogP contribution >= 0.6 is 0 Å². The molecule has 1 saturated carbocycles. The maximum absolute atomic E-state index is 12.4. The Balaban J connectivity index is 1.31. The van der Waals surface area contributed by atoms with Crippen LogP contribution in [-0.2, 0) is 14.3 Å². The van der Waals surface area contributed by atoms with Crippen LogP contribution in [0, 0.1) is 11.8 Å². The Morgan fingerprint density at radius 3 is 2.28 bits per heavy atom. The van der Waals surface area contributed by atoms with Crippen LogP contribution in [0.25, 0.3) is 11.1 Å². The second-order valence-electron chi connectivity index (χ2n) is 8.57. The highest BCUT2D eigenvalue weighted by molar-refractivity contribution is 5.85. The minimum Gasteiger partial charge on any atom is -0.480 e. The van der Waals surface area contributed by atoms with E-state index in [1.807, 2.05) is 24.3 Å². The molecule has 2 aromatic carbocycles. The van der Waals surface area contributed by atoms with E-state index in [-0.39, 0.29) is 30.3 Å². The van der Waals surface area contributed by atoms with Gasteiger partial charge in [-0.15, -0.1) is 0 Å². The van der Waals surface area contributed by atoms with Gasteiger partial charge in [0.05, 0.1) is 0 Å². The van der Waals surface area contributed by atoms with Crippen LogP contribution in [0.4, 0.5) is 4.79 Å². The van der Waals surface area contributed by atoms with E-state index in [1.54, 1.807) is 0 Å². The van der Waals surface area contributed by atoms with Gasteiger partial charge in [-0.05, 0) is 47.9 Å². The summed E-state index contributed by atoms with van der Waals surface area (Å²) in [5.41, 5.74) is 4.66. The van der Waals surface area contributed by atoms with E-state index >= 15 is 0 Å². The SMILES string of the molecule is C[C@@H](NC(=O)C1CCCC1CNC(=O)OCC1c2ccccc2-c2ccccc21)C(=O)O. The number of alkyl carbamates (subject to hydrolysis) is 1. The van der Waals surface area contributed by atoms with Crippen molar-refractivity contribution in [3.8, 4) is 11.1 Å². The number of hydrogen-bond donors (Lipinski definition) is 3. The lowest BCUT2D eigenvalue weighted by molar-refractivity contribution is -0.142. The van der Waals surface area contributed by atoms with Crippen LogP contribution in [0.1, 0.15) is 43.2 Å². The van der Waals surface area contributed by atoms with Crippen LogP contribution < -0.4 is 10.6 Å². The van der Waals surface area contributed by atoms with Crippen LogP contribution in [0.2, 0.25) is 0 Å². The highest BCUT2D eigenvalue weighted by atomic mass is 16.5. The minimum atomic E-state index is -1.07. The molecule has 3 N–H and O–H groups in total. The summed E-state index contributed by atoms with van der Waals surface area (Å²) in [5.74, 6) is -1.67. The third-order valence-corrected chi connectivity index (χ3v) is 6.58. The number of carbonyl (C=O) groups excluding carboxylic acids is 2. The maximum Gasteiger partial charge on any atom is 0.407 e. The van der Waals surface area contributed by atoms with Crippen molar-refractivity contribution in [2.45, 2.75) is 38.1 Å². The number of hydrogen-bond acceptors (Lipinski definition) is 4. The van der Waals surface area contributed by atoms with Gasteiger partial charge in [0.15, 0.2) is 0 Å². The fourth-order valence-electron chi connectivity index (χ4n) is 4.87. The minimum absolute atomic E-state index is 0.00402. The summed E-state index contributed by atoms with van der Waals surface area (Å²) in [4.78, 5) is 35.8. The summed E-state index contributed by atoms with van der Waals surface area (Å²) >= 11 is 0. The Hall–Kier alpha value is -3.35. The van der Waals surface area contributed by atoms with Crippen molar-refractivity contribution in [2.75, 3.05) is 13.2 Å². The van der Waals surface area contributed by atoms with Crippen LogP contribution in [-0.4, -0.2) is 42.3 Å². The molecule has 2 aliphatic rings. The average molecular weight is 437 g/mol. The fraction of sp³-hybridized carbons (Fsp3) is 0.400. The van der Waals surface area contributed by atoms with E-state index in [9.17, 15) is 14.4 Å². The molecule has 3 atom stereocenters. The quantitative estimate of drug-likeness (QED) is 0.616. The number of carbonyl (C=O) groups is 3. The molecule has 0 spiro atoms. The Bertz CT molecular complexity index is 975. The predicted octanol–water partition coefficient (Wildman–Crippen LogP) is 3.53. The monoisotopic (exact) mass is 436 g/mol. The summed E-state index contributed by atoms with van der Waals surface area (Å²) in [5, 5.41) is 14.3. The second-order valence-corrected chi connectivity index (χ2v) is 8.57. The topological polar surface area (TPSA) is 105 Å². The third kappa shape index (κ3) is 4.47. The number of rotatable bonds is 7. The first-order chi connectivity index (χ1) is 15.5. The van der Waals surface area contributed by atoms with Gasteiger partial charge in [-0.1, -0.05) is 55.0 Å². The number of ether oxygens (including phenoxy) is 1. The number of benzene rings is 2. The molecule has 7 nitrogen and oxygen atoms in total. The molecular formula is C25H28N2O5. The summed E-state index contributed by atoms with van der Waals surface area (Å²) in [6.45, 7) is 2.01. The third-order valence-electron chi connectivity index (χ3n) is 6.58. The number of carboxylic acids is 1. The van der Waals surface area contributed by atoms with Gasteiger partial charge < -0.3 is 20.5 Å². The van der Waals surface area contributed by atoms with Crippen molar-refractivity contribution in [1.29, 1.82) is 0 Å². The van der Waals surface area contributed by atoms with Gasteiger partial charge in [-0.25, -0.2) is 4.79 Å². The lowest BCUT2D eigenvalue weighted by atomic mass is 9.95. The van der Waals surface area contributed by atoms with Crippen molar-refractivity contribution in [3.05, 3.63) is 59.7 Å². The number of nitrogens with one attached hydrogen (secondary N) is 2. The maximum atomic E-state index is 12.4. The van der Waals surface area contributed by atoms with Crippen LogP contribution in [0.3, 0.4) is 0 Å². The lowest BCUT2D eigenvalue weighted by Crippen LogP contribution is -2.44. The first-order valence-corrected chi connectivity index (χ1v) is 11.1. The van der Waals surface area contributed by atoms with Crippen LogP contribution in [0.15, 0.2) is 48.5 Å². The van der Waals surface area contributed by atoms with Crippen LogP contribution in [0.5, 0.6) is 0 Å². The molecule has 0 aromatic heterocycles. The molecule has 0 bridgehead atoms. The molecule has 2 unspecified atom stereocenters. The van der Waals surface area contributed by atoms with Gasteiger partial charge in [0.25, 0.3) is 0 Å². The number of carboxylic acid groups (broad SMARTS) is 1. The molecule has 7 heteroatoms. The first kappa shape index (κ1) is 21.9. The van der Waals surface area contributed by atoms with E-state index in [2.05, 4.69) is 34.9 Å². The van der Waals surface area contributed by atoms with Gasteiger partial charge in [0, 0.05) is 18.4 Å². The molecule has 0 saturated heterocycles. The molecule has 2 aromatic rings. The molecule has 4 rings (SSSR count). The van der Waals surface area contributed by atoms with Crippen molar-refractivity contribution < 1.29 is 24.2 Å². The zero-order chi connectivity index (χ0) is 22.7. The summed E-state index contributed by atoms with van der Waals surface area (Å²) in [6, 6.07) is 15.4. The van der Waals surface area contributed by atoms with Gasteiger partial charge in [0.1, 0.15) is 12.6 Å². The Morgan fingerprint density at radius 2 is 1.66 bits per heavy atom.